The molecule has 0 saturated carbocycles. The third kappa shape index (κ3) is 2.76. The number of benzene rings is 1. The monoisotopic (exact) mass is 281 g/mol. The van der Waals surface area contributed by atoms with Crippen molar-refractivity contribution in [3.63, 3.8) is 0 Å². The van der Waals surface area contributed by atoms with Crippen molar-refractivity contribution in [3.8, 4) is 0 Å². The quantitative estimate of drug-likeness (QED) is 0.791. The van der Waals surface area contributed by atoms with Crippen LogP contribution in [0.25, 0.3) is 6.08 Å². The molecule has 3 nitrogen and oxygen atoms in total. The van der Waals surface area contributed by atoms with Gasteiger partial charge in [0.05, 0.1) is 4.91 Å². The number of thioether (sulfide) groups is 1. The minimum Gasteiger partial charge on any atom is -0.268 e. The van der Waals surface area contributed by atoms with Gasteiger partial charge in [-0.25, -0.2) is 0 Å². The molecule has 0 radical (unpaired) electrons. The molecule has 0 aromatic heterocycles. The Labute approximate surface area is 115 Å². The summed E-state index contributed by atoms with van der Waals surface area (Å²) < 4.78 is 0. The zero-order valence-corrected chi connectivity index (χ0v) is 11.4. The second-order valence-corrected chi connectivity index (χ2v) is 5.31. The van der Waals surface area contributed by atoms with Crippen LogP contribution in [0.5, 0.6) is 0 Å². The lowest BCUT2D eigenvalue weighted by Crippen LogP contribution is -2.28. The van der Waals surface area contributed by atoms with Gasteiger partial charge < -0.3 is 0 Å². The van der Waals surface area contributed by atoms with Crippen LogP contribution in [-0.4, -0.2) is 22.6 Å². The number of hydrogen-bond donors (Lipinski definition) is 0. The maximum absolute atomic E-state index is 12.0. The first kappa shape index (κ1) is 13.2. The van der Waals surface area contributed by atoms with Crippen molar-refractivity contribution in [2.75, 3.05) is 6.54 Å². The summed E-state index contributed by atoms with van der Waals surface area (Å²) in [6.07, 6.45) is 2.49. The predicted octanol–water partition coefficient (Wildman–Crippen LogP) is 3.79. The highest BCUT2D eigenvalue weighted by Gasteiger charge is 2.34. The smallest absolute Gasteiger partial charge is 0.268 e. The molecule has 0 N–H and O–H groups in total. The van der Waals surface area contributed by atoms with E-state index in [0.29, 0.717) is 16.5 Å². The van der Waals surface area contributed by atoms with E-state index in [-0.39, 0.29) is 11.1 Å². The summed E-state index contributed by atoms with van der Waals surface area (Å²) in [5.74, 6) is -0.207. The van der Waals surface area contributed by atoms with Gasteiger partial charge in [0.2, 0.25) is 0 Å². The van der Waals surface area contributed by atoms with Gasteiger partial charge in [-0.05, 0) is 42.0 Å². The normalized spacial score (nSPS) is 17.9. The number of nitrogens with zero attached hydrogens (tertiary/aromatic N) is 1. The molecular formula is C13H12ClNO2S. The van der Waals surface area contributed by atoms with Crippen molar-refractivity contribution in [1.29, 1.82) is 0 Å². The Bertz CT molecular complexity index is 510. The van der Waals surface area contributed by atoms with Crippen molar-refractivity contribution >= 4 is 40.6 Å². The molecule has 1 saturated heterocycles. The Morgan fingerprint density at radius 2 is 1.94 bits per heavy atom. The van der Waals surface area contributed by atoms with Crippen LogP contribution in [0.1, 0.15) is 18.9 Å². The lowest BCUT2D eigenvalue weighted by molar-refractivity contribution is -0.122. The molecule has 2 amide bonds. The fraction of sp³-hybridized carbons (Fsp3) is 0.231. The summed E-state index contributed by atoms with van der Waals surface area (Å²) >= 11 is 6.78. The SMILES string of the molecule is CCCN1C(=O)S/C(=C/c2ccc(Cl)cc2)C1=O. The summed E-state index contributed by atoms with van der Waals surface area (Å²) in [6, 6.07) is 7.14. The second-order valence-electron chi connectivity index (χ2n) is 3.88. The molecule has 0 spiro atoms. The van der Waals surface area contributed by atoms with Gasteiger partial charge in [0, 0.05) is 11.6 Å². The first-order chi connectivity index (χ1) is 8.61. The number of imide groups is 1. The van der Waals surface area contributed by atoms with Crippen molar-refractivity contribution < 1.29 is 9.59 Å². The summed E-state index contributed by atoms with van der Waals surface area (Å²) in [6.45, 7) is 2.41. The first-order valence-corrected chi connectivity index (χ1v) is 6.82. The molecule has 18 heavy (non-hydrogen) atoms. The summed E-state index contributed by atoms with van der Waals surface area (Å²) in [7, 11) is 0. The molecule has 1 aliphatic rings. The van der Waals surface area contributed by atoms with E-state index in [1.54, 1.807) is 18.2 Å². The Morgan fingerprint density at radius 3 is 2.56 bits per heavy atom. The van der Waals surface area contributed by atoms with Gasteiger partial charge >= 0.3 is 0 Å². The highest BCUT2D eigenvalue weighted by atomic mass is 35.5. The van der Waals surface area contributed by atoms with E-state index >= 15 is 0 Å². The van der Waals surface area contributed by atoms with Gasteiger partial charge in [0.25, 0.3) is 11.1 Å². The summed E-state index contributed by atoms with van der Waals surface area (Å²) in [5.41, 5.74) is 0.862. The molecule has 2 rings (SSSR count). The van der Waals surface area contributed by atoms with Crippen molar-refractivity contribution in [2.45, 2.75) is 13.3 Å². The van der Waals surface area contributed by atoms with Crippen LogP contribution < -0.4 is 0 Å². The van der Waals surface area contributed by atoms with Crippen LogP contribution in [0.15, 0.2) is 29.2 Å². The molecule has 0 aliphatic carbocycles. The van der Waals surface area contributed by atoms with Gasteiger partial charge in [0.15, 0.2) is 0 Å². The lowest BCUT2D eigenvalue weighted by Gasteiger charge is -2.09. The Morgan fingerprint density at radius 1 is 1.28 bits per heavy atom. The molecule has 0 unspecified atom stereocenters. The molecule has 0 atom stereocenters. The van der Waals surface area contributed by atoms with Gasteiger partial charge in [-0.3, -0.25) is 14.5 Å². The van der Waals surface area contributed by atoms with Gasteiger partial charge in [-0.2, -0.15) is 0 Å². The van der Waals surface area contributed by atoms with E-state index in [1.807, 2.05) is 19.1 Å². The first-order valence-electron chi connectivity index (χ1n) is 5.62. The minimum atomic E-state index is -0.207. The third-order valence-electron chi connectivity index (χ3n) is 2.49. The Kier molecular flexibility index (Phi) is 4.09. The minimum absolute atomic E-state index is 0.193. The Hall–Kier alpha value is -1.26. The van der Waals surface area contributed by atoms with E-state index in [4.69, 9.17) is 11.6 Å². The number of amides is 2. The molecule has 1 heterocycles. The predicted molar refractivity (Wildman–Crippen MR) is 74.4 cm³/mol. The fourth-order valence-corrected chi connectivity index (χ4v) is 2.62. The number of carbonyl (C=O) groups excluding carboxylic acids is 2. The standard InChI is InChI=1S/C13H12ClNO2S/c1-2-7-15-12(16)11(18-13(15)17)8-9-3-5-10(14)6-4-9/h3-6,8H,2,7H2,1H3/b11-8+. The average molecular weight is 282 g/mol. The van der Waals surface area contributed by atoms with E-state index < -0.39 is 0 Å². The molecule has 0 bridgehead atoms. The van der Waals surface area contributed by atoms with Gasteiger partial charge in [0.1, 0.15) is 0 Å². The summed E-state index contributed by atoms with van der Waals surface area (Å²) in [4.78, 5) is 25.4. The summed E-state index contributed by atoms with van der Waals surface area (Å²) in [5, 5.41) is 0.452. The molecule has 1 fully saturated rings. The highest BCUT2D eigenvalue weighted by Crippen LogP contribution is 2.32. The maximum atomic E-state index is 12.0. The number of halogens is 1. The topological polar surface area (TPSA) is 37.4 Å². The zero-order chi connectivity index (χ0) is 13.1. The van der Waals surface area contributed by atoms with Gasteiger partial charge in [-0.15, -0.1) is 0 Å². The molecule has 5 heteroatoms. The van der Waals surface area contributed by atoms with Crippen molar-refractivity contribution in [1.82, 2.24) is 4.90 Å². The molecule has 1 aliphatic heterocycles. The Balaban J connectivity index is 2.22. The largest absolute Gasteiger partial charge is 0.293 e. The number of rotatable bonds is 3. The van der Waals surface area contributed by atoms with Crippen molar-refractivity contribution in [2.24, 2.45) is 0 Å². The van der Waals surface area contributed by atoms with Crippen LogP contribution >= 0.6 is 23.4 Å². The molecule has 1 aromatic rings. The van der Waals surface area contributed by atoms with E-state index in [1.165, 1.54) is 4.90 Å². The molecule has 1 aromatic carbocycles. The molecule has 94 valence electrons. The van der Waals surface area contributed by atoms with Gasteiger partial charge in [-0.1, -0.05) is 30.7 Å². The lowest BCUT2D eigenvalue weighted by atomic mass is 10.2. The van der Waals surface area contributed by atoms with Crippen LogP contribution in [0.4, 0.5) is 4.79 Å². The van der Waals surface area contributed by atoms with Crippen LogP contribution in [0, 0.1) is 0 Å². The zero-order valence-electron chi connectivity index (χ0n) is 9.85. The third-order valence-corrected chi connectivity index (χ3v) is 3.65. The average Bonchev–Trinajstić information content (AvgIpc) is 2.60. The van der Waals surface area contributed by atoms with E-state index in [0.717, 1.165) is 23.7 Å². The second kappa shape index (κ2) is 5.59. The maximum Gasteiger partial charge on any atom is 0.293 e. The fourth-order valence-electron chi connectivity index (χ4n) is 1.63. The number of hydrogen-bond acceptors (Lipinski definition) is 3. The van der Waals surface area contributed by atoms with Crippen LogP contribution in [0.3, 0.4) is 0 Å². The van der Waals surface area contributed by atoms with E-state index in [2.05, 4.69) is 0 Å². The highest BCUT2D eigenvalue weighted by molar-refractivity contribution is 8.18. The number of carbonyl (C=O) groups is 2. The van der Waals surface area contributed by atoms with E-state index in [9.17, 15) is 9.59 Å². The molecular weight excluding hydrogens is 270 g/mol. The van der Waals surface area contributed by atoms with Crippen molar-refractivity contribution in [3.05, 3.63) is 39.8 Å². The van der Waals surface area contributed by atoms with Crippen LogP contribution in [-0.2, 0) is 4.79 Å². The van der Waals surface area contributed by atoms with Crippen LogP contribution in [0.2, 0.25) is 5.02 Å².